The monoisotopic (exact) mass is 264 g/mol. The summed E-state index contributed by atoms with van der Waals surface area (Å²) in [6.07, 6.45) is 5.99. The van der Waals surface area contributed by atoms with Gasteiger partial charge in [-0.15, -0.1) is 0 Å². The Hall–Kier alpha value is -1.44. The molecule has 0 radical (unpaired) electrons. The van der Waals surface area contributed by atoms with Crippen LogP contribution in [0.15, 0.2) is 36.5 Å². The summed E-state index contributed by atoms with van der Waals surface area (Å²) in [6, 6.07) is 0. The van der Waals surface area contributed by atoms with Gasteiger partial charge in [-0.2, -0.15) is 0 Å². The molecule has 2 nitrogen and oxygen atoms in total. The zero-order valence-electron chi connectivity index (χ0n) is 13.1. The Morgan fingerprint density at radius 1 is 1.26 bits per heavy atom. The highest BCUT2D eigenvalue weighted by Gasteiger charge is 2.21. The van der Waals surface area contributed by atoms with E-state index >= 15 is 0 Å². The predicted octanol–water partition coefficient (Wildman–Crippen LogP) is 4.67. The van der Waals surface area contributed by atoms with Gasteiger partial charge in [0.05, 0.1) is 0 Å². The highest BCUT2D eigenvalue weighted by Crippen LogP contribution is 2.15. The quantitative estimate of drug-likeness (QED) is 0.548. The molecule has 1 aliphatic rings. The SMILES string of the molecule is C=CC1=CC(=C)C(=O)C(=O)C1.CC.CCC(C)CC. The third-order valence-electron chi connectivity index (χ3n) is 2.93. The van der Waals surface area contributed by atoms with Gasteiger partial charge in [0.15, 0.2) is 0 Å². The van der Waals surface area contributed by atoms with Gasteiger partial charge in [-0.1, -0.05) is 66.7 Å². The maximum atomic E-state index is 10.9. The molecule has 2 heteroatoms. The van der Waals surface area contributed by atoms with Gasteiger partial charge in [0.25, 0.3) is 0 Å². The van der Waals surface area contributed by atoms with Crippen molar-refractivity contribution < 1.29 is 9.59 Å². The third kappa shape index (κ3) is 8.30. The number of Topliss-reactive ketones (excluding diaryl/α,β-unsaturated/α-hetero) is 2. The zero-order valence-corrected chi connectivity index (χ0v) is 13.1. The van der Waals surface area contributed by atoms with E-state index in [1.165, 1.54) is 12.8 Å². The number of hydrogen-bond acceptors (Lipinski definition) is 2. The van der Waals surface area contributed by atoms with E-state index in [-0.39, 0.29) is 12.0 Å². The van der Waals surface area contributed by atoms with Crippen LogP contribution in [0.5, 0.6) is 0 Å². The van der Waals surface area contributed by atoms with E-state index in [1.54, 1.807) is 12.2 Å². The number of allylic oxidation sites excluding steroid dienone is 4. The molecule has 0 amide bonds. The van der Waals surface area contributed by atoms with Gasteiger partial charge >= 0.3 is 0 Å². The summed E-state index contributed by atoms with van der Waals surface area (Å²) >= 11 is 0. The van der Waals surface area contributed by atoms with E-state index in [2.05, 4.69) is 33.9 Å². The van der Waals surface area contributed by atoms with Crippen molar-refractivity contribution in [3.63, 3.8) is 0 Å². The van der Waals surface area contributed by atoms with Gasteiger partial charge in [0, 0.05) is 12.0 Å². The molecule has 0 fully saturated rings. The van der Waals surface area contributed by atoms with Crippen LogP contribution in [0.4, 0.5) is 0 Å². The second kappa shape index (κ2) is 11.6. The Kier molecular flexibility index (Phi) is 12.2. The van der Waals surface area contributed by atoms with E-state index in [1.807, 2.05) is 13.8 Å². The van der Waals surface area contributed by atoms with Gasteiger partial charge in [-0.25, -0.2) is 0 Å². The smallest absolute Gasteiger partial charge is 0.228 e. The molecule has 0 bridgehead atoms. The highest BCUT2D eigenvalue weighted by atomic mass is 16.2. The second-order valence-electron chi connectivity index (χ2n) is 4.30. The van der Waals surface area contributed by atoms with Gasteiger partial charge in [-0.05, 0) is 17.6 Å². The summed E-state index contributed by atoms with van der Waals surface area (Å²) in [5.74, 6) is 0.0630. The van der Waals surface area contributed by atoms with Crippen molar-refractivity contribution in [2.75, 3.05) is 0 Å². The van der Waals surface area contributed by atoms with Crippen LogP contribution in [-0.4, -0.2) is 11.6 Å². The minimum absolute atomic E-state index is 0.168. The molecular weight excluding hydrogens is 236 g/mol. The molecule has 0 aromatic heterocycles. The Morgan fingerprint density at radius 3 is 2.00 bits per heavy atom. The van der Waals surface area contributed by atoms with Gasteiger partial charge < -0.3 is 0 Å². The van der Waals surface area contributed by atoms with Crippen molar-refractivity contribution in [1.29, 1.82) is 0 Å². The molecule has 108 valence electrons. The molecular formula is C17H28O2. The van der Waals surface area contributed by atoms with Crippen LogP contribution in [0, 0.1) is 5.92 Å². The molecule has 0 N–H and O–H groups in total. The topological polar surface area (TPSA) is 34.1 Å². The molecule has 0 spiro atoms. The maximum absolute atomic E-state index is 10.9. The first kappa shape index (κ1) is 19.9. The number of carbonyl (C=O) groups excluding carboxylic acids is 2. The van der Waals surface area contributed by atoms with Crippen molar-refractivity contribution in [3.05, 3.63) is 36.5 Å². The number of hydrogen-bond donors (Lipinski definition) is 0. The molecule has 1 rings (SSSR count). The fraction of sp³-hybridized carbons (Fsp3) is 0.529. The fourth-order valence-electron chi connectivity index (χ4n) is 1.20. The lowest BCUT2D eigenvalue weighted by Crippen LogP contribution is -2.19. The molecule has 1 aliphatic carbocycles. The third-order valence-corrected chi connectivity index (χ3v) is 2.93. The summed E-state index contributed by atoms with van der Waals surface area (Å²) < 4.78 is 0. The Bertz CT molecular complexity index is 344. The van der Waals surface area contributed by atoms with Crippen molar-refractivity contribution in [2.24, 2.45) is 5.92 Å². The maximum Gasteiger partial charge on any atom is 0.228 e. The number of ketones is 2. The normalized spacial score (nSPS) is 14.0. The second-order valence-corrected chi connectivity index (χ2v) is 4.30. The summed E-state index contributed by atoms with van der Waals surface area (Å²) in [5, 5.41) is 0. The largest absolute Gasteiger partial charge is 0.290 e. The van der Waals surface area contributed by atoms with Crippen molar-refractivity contribution in [3.8, 4) is 0 Å². The highest BCUT2D eigenvalue weighted by molar-refractivity contribution is 6.45. The van der Waals surface area contributed by atoms with Crippen LogP contribution in [0.1, 0.15) is 53.9 Å². The molecule has 0 aromatic carbocycles. The van der Waals surface area contributed by atoms with E-state index in [0.717, 1.165) is 11.5 Å². The van der Waals surface area contributed by atoms with E-state index in [0.29, 0.717) is 0 Å². The molecule has 0 aromatic rings. The van der Waals surface area contributed by atoms with Gasteiger partial charge in [-0.3, -0.25) is 9.59 Å². The molecule has 0 atom stereocenters. The van der Waals surface area contributed by atoms with Crippen molar-refractivity contribution >= 4 is 11.6 Å². The van der Waals surface area contributed by atoms with E-state index in [4.69, 9.17) is 0 Å². The summed E-state index contributed by atoms with van der Waals surface area (Å²) in [7, 11) is 0. The van der Waals surface area contributed by atoms with Crippen LogP contribution >= 0.6 is 0 Å². The van der Waals surface area contributed by atoms with Crippen LogP contribution in [0.3, 0.4) is 0 Å². The Labute approximate surface area is 118 Å². The van der Waals surface area contributed by atoms with Crippen LogP contribution in [-0.2, 0) is 9.59 Å². The Balaban J connectivity index is 0. The van der Waals surface area contributed by atoms with Gasteiger partial charge in [0.2, 0.25) is 11.6 Å². The molecule has 0 saturated heterocycles. The summed E-state index contributed by atoms with van der Waals surface area (Å²) in [4.78, 5) is 21.7. The van der Waals surface area contributed by atoms with E-state index in [9.17, 15) is 9.59 Å². The minimum atomic E-state index is -0.476. The lowest BCUT2D eigenvalue weighted by atomic mass is 9.94. The fourth-order valence-corrected chi connectivity index (χ4v) is 1.20. The number of carbonyl (C=O) groups is 2. The molecule has 0 saturated carbocycles. The van der Waals surface area contributed by atoms with Gasteiger partial charge in [0.1, 0.15) is 0 Å². The molecule has 0 aliphatic heterocycles. The zero-order chi connectivity index (χ0) is 15.4. The first-order valence-electron chi connectivity index (χ1n) is 7.05. The standard InChI is InChI=1S/C9H8O2.C6H14.C2H6/c1-3-7-4-6(2)9(11)8(10)5-7;1-4-6(3)5-2;1-2/h3-4H,1-2,5H2;6H,4-5H2,1-3H3;1-2H3. The van der Waals surface area contributed by atoms with Crippen molar-refractivity contribution in [1.82, 2.24) is 0 Å². The minimum Gasteiger partial charge on any atom is -0.290 e. The molecule has 0 unspecified atom stereocenters. The lowest BCUT2D eigenvalue weighted by molar-refractivity contribution is -0.134. The predicted molar refractivity (Wildman–Crippen MR) is 83.1 cm³/mol. The number of rotatable bonds is 3. The first-order chi connectivity index (χ1) is 8.96. The van der Waals surface area contributed by atoms with Crippen molar-refractivity contribution in [2.45, 2.75) is 53.9 Å². The lowest BCUT2D eigenvalue weighted by Gasteiger charge is -2.07. The summed E-state index contributed by atoms with van der Waals surface area (Å²) in [6.45, 7) is 17.7. The van der Waals surface area contributed by atoms with Crippen LogP contribution in [0.25, 0.3) is 0 Å². The average Bonchev–Trinajstić information content (AvgIpc) is 2.46. The van der Waals surface area contributed by atoms with Crippen LogP contribution in [0.2, 0.25) is 0 Å². The van der Waals surface area contributed by atoms with Crippen LogP contribution < -0.4 is 0 Å². The molecule has 0 heterocycles. The first-order valence-corrected chi connectivity index (χ1v) is 7.05. The summed E-state index contributed by atoms with van der Waals surface area (Å²) in [5.41, 5.74) is 1.02. The van der Waals surface area contributed by atoms with E-state index < -0.39 is 11.6 Å². The Morgan fingerprint density at radius 2 is 1.74 bits per heavy atom. The average molecular weight is 264 g/mol. The molecule has 19 heavy (non-hydrogen) atoms.